The molecule has 1 aliphatic rings. The van der Waals surface area contributed by atoms with Gasteiger partial charge in [0.2, 0.25) is 0 Å². The number of nitrogens with one attached hydrogen (secondary N) is 1. The topological polar surface area (TPSA) is 46.2 Å². The van der Waals surface area contributed by atoms with E-state index in [4.69, 9.17) is 0 Å². The molecule has 2 unspecified atom stereocenters. The zero-order valence-corrected chi connectivity index (χ0v) is 10.4. The van der Waals surface area contributed by atoms with Gasteiger partial charge in [0.15, 0.2) is 9.84 Å². The molecule has 1 aliphatic carbocycles. The third-order valence-corrected chi connectivity index (χ3v) is 4.27. The number of sulfone groups is 1. The number of hydrogen-bond donors (Lipinski definition) is 1. The van der Waals surface area contributed by atoms with Crippen LogP contribution in [0, 0.1) is 11.8 Å². The number of hydrogen-bond acceptors (Lipinski definition) is 3. The van der Waals surface area contributed by atoms with E-state index in [1.165, 1.54) is 12.7 Å². The summed E-state index contributed by atoms with van der Waals surface area (Å²) in [6.07, 6.45) is 2.49. The van der Waals surface area contributed by atoms with E-state index in [1.807, 2.05) is 12.1 Å². The Morgan fingerprint density at radius 3 is 2.56 bits per heavy atom. The van der Waals surface area contributed by atoms with Crippen molar-refractivity contribution in [2.75, 3.05) is 18.1 Å². The molecule has 1 aromatic carbocycles. The quantitative estimate of drug-likeness (QED) is 0.875. The van der Waals surface area contributed by atoms with Gasteiger partial charge in [0.25, 0.3) is 0 Å². The lowest BCUT2D eigenvalue weighted by atomic mass is 10.3. The van der Waals surface area contributed by atoms with Crippen molar-refractivity contribution in [2.45, 2.75) is 18.2 Å². The van der Waals surface area contributed by atoms with Crippen LogP contribution in [0.5, 0.6) is 0 Å². The van der Waals surface area contributed by atoms with Crippen molar-refractivity contribution >= 4 is 15.5 Å². The van der Waals surface area contributed by atoms with Gasteiger partial charge in [0.1, 0.15) is 0 Å². The smallest absolute Gasteiger partial charge is 0.177 e. The molecule has 0 radical (unpaired) electrons. The van der Waals surface area contributed by atoms with Crippen LogP contribution in [0.3, 0.4) is 0 Å². The fourth-order valence-electron chi connectivity index (χ4n) is 1.86. The minimum Gasteiger partial charge on any atom is -0.384 e. The first-order valence-electron chi connectivity index (χ1n) is 5.51. The van der Waals surface area contributed by atoms with E-state index in [-0.39, 0.29) is 0 Å². The van der Waals surface area contributed by atoms with E-state index in [0.29, 0.717) is 10.8 Å². The zero-order chi connectivity index (χ0) is 11.8. The van der Waals surface area contributed by atoms with Crippen LogP contribution < -0.4 is 5.32 Å². The molecular weight excluding hydrogens is 222 g/mol. The Kier molecular flexibility index (Phi) is 2.93. The summed E-state index contributed by atoms with van der Waals surface area (Å²) in [4.78, 5) is 0.392. The molecule has 2 rings (SSSR count). The summed E-state index contributed by atoms with van der Waals surface area (Å²) in [7, 11) is -3.14. The lowest BCUT2D eigenvalue weighted by molar-refractivity contribution is 0.602. The van der Waals surface area contributed by atoms with Gasteiger partial charge in [-0.3, -0.25) is 0 Å². The van der Waals surface area contributed by atoms with Gasteiger partial charge in [0.05, 0.1) is 10.6 Å². The lowest BCUT2D eigenvalue weighted by Crippen LogP contribution is -2.09. The highest BCUT2D eigenvalue weighted by Gasteiger charge is 2.32. The Hall–Kier alpha value is -1.03. The van der Waals surface area contributed by atoms with Crippen molar-refractivity contribution in [1.29, 1.82) is 0 Å². The van der Waals surface area contributed by atoms with E-state index in [9.17, 15) is 8.42 Å². The number of rotatable bonds is 4. The Morgan fingerprint density at radius 2 is 2.00 bits per heavy atom. The normalized spacial score (nSPS) is 24.1. The van der Waals surface area contributed by atoms with E-state index in [2.05, 4.69) is 12.2 Å². The molecule has 1 N–H and O–H groups in total. The second-order valence-electron chi connectivity index (χ2n) is 4.62. The van der Waals surface area contributed by atoms with Gasteiger partial charge in [-0.05, 0) is 30.4 Å². The molecule has 3 nitrogen and oxygen atoms in total. The first-order valence-corrected chi connectivity index (χ1v) is 7.40. The molecule has 1 aromatic rings. The maximum Gasteiger partial charge on any atom is 0.177 e. The van der Waals surface area contributed by atoms with E-state index in [0.717, 1.165) is 18.2 Å². The van der Waals surface area contributed by atoms with E-state index >= 15 is 0 Å². The average molecular weight is 239 g/mol. The van der Waals surface area contributed by atoms with Crippen LogP contribution in [-0.2, 0) is 9.84 Å². The Bertz CT molecular complexity index is 482. The molecule has 1 fully saturated rings. The average Bonchev–Trinajstić information content (AvgIpc) is 2.91. The van der Waals surface area contributed by atoms with Crippen LogP contribution in [0.4, 0.5) is 5.69 Å². The number of anilines is 1. The van der Waals surface area contributed by atoms with E-state index < -0.39 is 9.84 Å². The fraction of sp³-hybridized carbons (Fsp3) is 0.500. The fourth-order valence-corrected chi connectivity index (χ4v) is 2.73. The highest BCUT2D eigenvalue weighted by Crippen LogP contribution is 2.37. The van der Waals surface area contributed by atoms with Crippen molar-refractivity contribution < 1.29 is 8.42 Å². The number of benzene rings is 1. The summed E-state index contributed by atoms with van der Waals surface area (Å²) in [5.41, 5.74) is 0.726. The molecule has 88 valence electrons. The highest BCUT2D eigenvalue weighted by molar-refractivity contribution is 7.90. The molecule has 4 heteroatoms. The van der Waals surface area contributed by atoms with Gasteiger partial charge < -0.3 is 5.32 Å². The van der Waals surface area contributed by atoms with Crippen molar-refractivity contribution in [3.63, 3.8) is 0 Å². The van der Waals surface area contributed by atoms with Crippen LogP contribution in [0.25, 0.3) is 0 Å². The van der Waals surface area contributed by atoms with Gasteiger partial charge in [-0.15, -0.1) is 0 Å². The molecule has 0 bridgehead atoms. The van der Waals surface area contributed by atoms with Crippen LogP contribution in [0.1, 0.15) is 13.3 Å². The van der Waals surface area contributed by atoms with Gasteiger partial charge in [-0.25, -0.2) is 8.42 Å². The van der Waals surface area contributed by atoms with Crippen LogP contribution in [0.15, 0.2) is 29.2 Å². The second kappa shape index (κ2) is 4.09. The third-order valence-electron chi connectivity index (χ3n) is 3.12. The molecule has 16 heavy (non-hydrogen) atoms. The first-order chi connectivity index (χ1) is 7.48. The van der Waals surface area contributed by atoms with Gasteiger partial charge in [-0.1, -0.05) is 19.1 Å². The molecule has 0 aliphatic heterocycles. The minimum atomic E-state index is -3.14. The minimum absolute atomic E-state index is 0.392. The summed E-state index contributed by atoms with van der Waals surface area (Å²) in [5, 5.41) is 3.23. The summed E-state index contributed by atoms with van der Waals surface area (Å²) in [6.45, 7) is 3.09. The predicted octanol–water partition coefficient (Wildman–Crippen LogP) is 2.16. The van der Waals surface area contributed by atoms with E-state index in [1.54, 1.807) is 12.1 Å². The van der Waals surface area contributed by atoms with Gasteiger partial charge in [0, 0.05) is 12.8 Å². The molecule has 0 heterocycles. The Morgan fingerprint density at radius 1 is 1.38 bits per heavy atom. The largest absolute Gasteiger partial charge is 0.384 e. The molecule has 0 saturated heterocycles. The molecule has 2 atom stereocenters. The lowest BCUT2D eigenvalue weighted by Gasteiger charge is -2.10. The number of para-hydroxylation sites is 1. The molecular formula is C12H17NO2S. The zero-order valence-electron chi connectivity index (χ0n) is 9.60. The van der Waals surface area contributed by atoms with Crippen LogP contribution in [-0.4, -0.2) is 21.2 Å². The van der Waals surface area contributed by atoms with Crippen molar-refractivity contribution in [3.05, 3.63) is 24.3 Å². The monoisotopic (exact) mass is 239 g/mol. The highest BCUT2D eigenvalue weighted by atomic mass is 32.2. The molecule has 0 spiro atoms. The van der Waals surface area contributed by atoms with Crippen LogP contribution in [0.2, 0.25) is 0 Å². The summed E-state index contributed by atoms with van der Waals surface area (Å²) >= 11 is 0. The Labute approximate surface area is 96.8 Å². The summed E-state index contributed by atoms with van der Waals surface area (Å²) in [6, 6.07) is 7.08. The van der Waals surface area contributed by atoms with Gasteiger partial charge in [-0.2, -0.15) is 0 Å². The van der Waals surface area contributed by atoms with Gasteiger partial charge >= 0.3 is 0 Å². The maximum atomic E-state index is 11.5. The predicted molar refractivity (Wildman–Crippen MR) is 65.3 cm³/mol. The maximum absolute atomic E-state index is 11.5. The SMILES string of the molecule is CC1CC1CNc1ccccc1S(C)(=O)=O. The van der Waals surface area contributed by atoms with Crippen LogP contribution >= 0.6 is 0 Å². The molecule has 0 aromatic heterocycles. The van der Waals surface area contributed by atoms with Crippen molar-refractivity contribution in [3.8, 4) is 0 Å². The van der Waals surface area contributed by atoms with Crippen molar-refractivity contribution in [2.24, 2.45) is 11.8 Å². The molecule has 1 saturated carbocycles. The first kappa shape index (κ1) is 11.5. The summed E-state index contributed by atoms with van der Waals surface area (Å²) in [5.74, 6) is 1.48. The third kappa shape index (κ3) is 2.55. The van der Waals surface area contributed by atoms with Crippen molar-refractivity contribution in [1.82, 2.24) is 0 Å². The Balaban J connectivity index is 2.14. The molecule has 0 amide bonds. The second-order valence-corrected chi connectivity index (χ2v) is 6.61. The summed E-state index contributed by atoms with van der Waals surface area (Å²) < 4.78 is 23.1. The standard InChI is InChI=1S/C12H17NO2S/c1-9-7-10(9)8-13-11-5-3-4-6-12(11)16(2,14)15/h3-6,9-10,13H,7-8H2,1-2H3.